The quantitative estimate of drug-likeness (QED) is 0.473. The maximum atomic E-state index is 13.8. The second kappa shape index (κ2) is 5.53. The summed E-state index contributed by atoms with van der Waals surface area (Å²) in [5, 5.41) is 0. The number of ether oxygens (including phenoxy) is 1. The highest BCUT2D eigenvalue weighted by Gasteiger charge is 2.36. The van der Waals surface area contributed by atoms with Gasteiger partial charge in [-0.2, -0.15) is 0 Å². The molecule has 0 N–H and O–H groups in total. The molecule has 2 fully saturated rings. The highest BCUT2D eigenvalue weighted by molar-refractivity contribution is 5.24. The number of morpholine rings is 1. The Hall–Kier alpha value is -1.21. The van der Waals surface area contributed by atoms with Crippen molar-refractivity contribution in [3.63, 3.8) is 0 Å². The standard InChI is InChI=1S/C14H14F5NO/c15-10-9(11(16)13(18)14(19)12(10)17)4-20-7-2-1-3-8(20)6-21-5-7/h7-8H,1-6H2. The lowest BCUT2D eigenvalue weighted by Crippen LogP contribution is -2.54. The highest BCUT2D eigenvalue weighted by atomic mass is 19.2. The van der Waals surface area contributed by atoms with Gasteiger partial charge in [0.25, 0.3) is 0 Å². The van der Waals surface area contributed by atoms with Gasteiger partial charge in [0.05, 0.1) is 13.2 Å². The lowest BCUT2D eigenvalue weighted by atomic mass is 9.93. The molecule has 2 nitrogen and oxygen atoms in total. The SMILES string of the molecule is Fc1c(F)c(F)c(CN2C3CCCC2COC3)c(F)c1F. The third-order valence-electron chi connectivity index (χ3n) is 4.27. The first-order chi connectivity index (χ1) is 10.0. The average Bonchev–Trinajstić information content (AvgIpc) is 2.47. The summed E-state index contributed by atoms with van der Waals surface area (Å²) in [4.78, 5) is 1.80. The Morgan fingerprint density at radius 3 is 1.81 bits per heavy atom. The summed E-state index contributed by atoms with van der Waals surface area (Å²) in [6, 6.07) is -0.0695. The molecule has 2 aliphatic heterocycles. The normalized spacial score (nSPS) is 26.1. The number of rotatable bonds is 2. The van der Waals surface area contributed by atoms with Crippen LogP contribution in [0.3, 0.4) is 0 Å². The summed E-state index contributed by atoms with van der Waals surface area (Å²) in [7, 11) is 0. The fourth-order valence-corrected chi connectivity index (χ4v) is 3.15. The molecule has 2 saturated heterocycles. The van der Waals surface area contributed by atoms with Crippen molar-refractivity contribution in [2.45, 2.75) is 37.9 Å². The van der Waals surface area contributed by atoms with E-state index in [1.807, 2.05) is 0 Å². The molecule has 2 unspecified atom stereocenters. The summed E-state index contributed by atoms with van der Waals surface area (Å²) in [6.07, 6.45) is 2.57. The average molecular weight is 307 g/mol. The lowest BCUT2D eigenvalue weighted by Gasteiger charge is -2.45. The number of hydrogen-bond acceptors (Lipinski definition) is 2. The Morgan fingerprint density at radius 1 is 0.810 bits per heavy atom. The van der Waals surface area contributed by atoms with E-state index in [-0.39, 0.29) is 18.6 Å². The van der Waals surface area contributed by atoms with Crippen LogP contribution in [0, 0.1) is 29.1 Å². The first-order valence-electron chi connectivity index (χ1n) is 6.84. The van der Waals surface area contributed by atoms with E-state index in [1.54, 1.807) is 4.90 Å². The molecule has 0 radical (unpaired) electrons. The zero-order valence-corrected chi connectivity index (χ0v) is 11.1. The smallest absolute Gasteiger partial charge is 0.200 e. The molecule has 2 atom stereocenters. The number of nitrogens with zero attached hydrogens (tertiary/aromatic N) is 1. The molecule has 7 heteroatoms. The van der Waals surface area contributed by atoms with E-state index in [2.05, 4.69) is 0 Å². The second-order valence-corrected chi connectivity index (χ2v) is 5.50. The van der Waals surface area contributed by atoms with E-state index in [4.69, 9.17) is 4.74 Å². The molecule has 0 aliphatic carbocycles. The molecule has 0 saturated carbocycles. The summed E-state index contributed by atoms with van der Waals surface area (Å²) in [6.45, 7) is 0.558. The number of hydrogen-bond donors (Lipinski definition) is 0. The minimum absolute atomic E-state index is 0.0347. The molecule has 3 rings (SSSR count). The first-order valence-corrected chi connectivity index (χ1v) is 6.84. The van der Waals surface area contributed by atoms with Gasteiger partial charge < -0.3 is 4.74 Å². The van der Waals surface area contributed by atoms with Crippen molar-refractivity contribution < 1.29 is 26.7 Å². The van der Waals surface area contributed by atoms with Gasteiger partial charge >= 0.3 is 0 Å². The summed E-state index contributed by atoms with van der Waals surface area (Å²) >= 11 is 0. The maximum absolute atomic E-state index is 13.8. The number of fused-ring (bicyclic) bond motifs is 2. The van der Waals surface area contributed by atoms with Crippen LogP contribution in [0.5, 0.6) is 0 Å². The third kappa shape index (κ3) is 2.42. The Balaban J connectivity index is 1.95. The second-order valence-electron chi connectivity index (χ2n) is 5.50. The fourth-order valence-electron chi connectivity index (χ4n) is 3.15. The maximum Gasteiger partial charge on any atom is 0.200 e. The van der Waals surface area contributed by atoms with Gasteiger partial charge in [-0.15, -0.1) is 0 Å². The predicted octanol–water partition coefficient (Wildman–Crippen LogP) is 3.14. The van der Waals surface area contributed by atoms with Crippen molar-refractivity contribution in [1.29, 1.82) is 0 Å². The minimum Gasteiger partial charge on any atom is -0.378 e. The highest BCUT2D eigenvalue weighted by Crippen LogP contribution is 2.31. The summed E-state index contributed by atoms with van der Waals surface area (Å²) in [5.41, 5.74) is -0.759. The minimum atomic E-state index is -2.11. The van der Waals surface area contributed by atoms with Crippen LogP contribution in [0.25, 0.3) is 0 Å². The first kappa shape index (κ1) is 14.7. The van der Waals surface area contributed by atoms with E-state index in [0.717, 1.165) is 19.3 Å². The summed E-state index contributed by atoms with van der Waals surface area (Å²) < 4.78 is 72.4. The van der Waals surface area contributed by atoms with Gasteiger partial charge in [0.1, 0.15) is 0 Å². The molecule has 116 valence electrons. The largest absolute Gasteiger partial charge is 0.378 e. The molecule has 21 heavy (non-hydrogen) atoms. The number of benzene rings is 1. The molecule has 2 aliphatic rings. The van der Waals surface area contributed by atoms with Crippen molar-refractivity contribution in [2.75, 3.05) is 13.2 Å². The van der Waals surface area contributed by atoms with Crippen LogP contribution in [0.2, 0.25) is 0 Å². The van der Waals surface area contributed by atoms with Gasteiger partial charge in [-0.3, -0.25) is 4.90 Å². The monoisotopic (exact) mass is 307 g/mol. The molecular weight excluding hydrogens is 293 g/mol. The van der Waals surface area contributed by atoms with E-state index < -0.39 is 34.6 Å². The Labute approximate surface area is 118 Å². The zero-order valence-electron chi connectivity index (χ0n) is 11.1. The molecule has 2 bridgehead atoms. The van der Waals surface area contributed by atoms with Crippen LogP contribution in [-0.4, -0.2) is 30.2 Å². The zero-order chi connectivity index (χ0) is 15.1. The van der Waals surface area contributed by atoms with Crippen LogP contribution >= 0.6 is 0 Å². The Bertz CT molecular complexity index is 514. The van der Waals surface area contributed by atoms with Crippen LogP contribution in [0.15, 0.2) is 0 Å². The number of halogens is 5. The Morgan fingerprint density at radius 2 is 1.29 bits per heavy atom. The van der Waals surface area contributed by atoms with Gasteiger partial charge in [-0.1, -0.05) is 6.42 Å². The molecule has 1 aromatic carbocycles. The van der Waals surface area contributed by atoms with Crippen molar-refractivity contribution in [1.82, 2.24) is 4.90 Å². The van der Waals surface area contributed by atoms with E-state index in [0.29, 0.717) is 13.2 Å². The van der Waals surface area contributed by atoms with Gasteiger partial charge in [0, 0.05) is 24.2 Å². The summed E-state index contributed by atoms with van der Waals surface area (Å²) in [5.74, 6) is -9.37. The molecule has 1 aromatic rings. The van der Waals surface area contributed by atoms with Gasteiger partial charge in [-0.05, 0) is 12.8 Å². The topological polar surface area (TPSA) is 12.5 Å². The van der Waals surface area contributed by atoms with Crippen molar-refractivity contribution in [2.24, 2.45) is 0 Å². The number of piperidine rings is 1. The van der Waals surface area contributed by atoms with Crippen molar-refractivity contribution in [3.05, 3.63) is 34.6 Å². The Kier molecular flexibility index (Phi) is 3.88. The van der Waals surface area contributed by atoms with E-state index >= 15 is 0 Å². The lowest BCUT2D eigenvalue weighted by molar-refractivity contribution is -0.0783. The van der Waals surface area contributed by atoms with Gasteiger partial charge in [0.2, 0.25) is 5.82 Å². The molecule has 0 spiro atoms. The van der Waals surface area contributed by atoms with Gasteiger partial charge in [-0.25, -0.2) is 22.0 Å². The predicted molar refractivity (Wildman–Crippen MR) is 64.0 cm³/mol. The fraction of sp³-hybridized carbons (Fsp3) is 0.571. The van der Waals surface area contributed by atoms with Crippen molar-refractivity contribution in [3.8, 4) is 0 Å². The van der Waals surface area contributed by atoms with Crippen molar-refractivity contribution >= 4 is 0 Å². The molecule has 0 aromatic heterocycles. The van der Waals surface area contributed by atoms with Crippen LogP contribution < -0.4 is 0 Å². The van der Waals surface area contributed by atoms with Crippen LogP contribution in [0.1, 0.15) is 24.8 Å². The van der Waals surface area contributed by atoms with E-state index in [1.165, 1.54) is 0 Å². The molecule has 2 heterocycles. The van der Waals surface area contributed by atoms with Gasteiger partial charge in [0.15, 0.2) is 23.3 Å². The molecule has 0 amide bonds. The van der Waals surface area contributed by atoms with Crippen LogP contribution in [0.4, 0.5) is 22.0 Å². The van der Waals surface area contributed by atoms with E-state index in [9.17, 15) is 22.0 Å². The third-order valence-corrected chi connectivity index (χ3v) is 4.27. The molecular formula is C14H14F5NO. The van der Waals surface area contributed by atoms with Crippen LogP contribution in [-0.2, 0) is 11.3 Å².